The number of thiophene rings is 1. The zero-order chi connectivity index (χ0) is 16.5. The van der Waals surface area contributed by atoms with Crippen molar-refractivity contribution < 1.29 is 0 Å². The molecule has 0 radical (unpaired) electrons. The highest BCUT2D eigenvalue weighted by Crippen LogP contribution is 2.38. The lowest BCUT2D eigenvalue weighted by atomic mass is 10.0. The Hall–Kier alpha value is -1.98. The van der Waals surface area contributed by atoms with Crippen molar-refractivity contribution in [1.29, 1.82) is 0 Å². The van der Waals surface area contributed by atoms with Gasteiger partial charge in [-0.3, -0.25) is 0 Å². The van der Waals surface area contributed by atoms with Crippen LogP contribution in [0.2, 0.25) is 0 Å². The molecule has 0 saturated carbocycles. The molecule has 0 atom stereocenters. The summed E-state index contributed by atoms with van der Waals surface area (Å²) in [7, 11) is 4.35. The van der Waals surface area contributed by atoms with Gasteiger partial charge in [0, 0.05) is 30.1 Å². The van der Waals surface area contributed by atoms with Gasteiger partial charge in [-0.25, -0.2) is 9.97 Å². The SMILES string of the molecule is CN(C)C1CCN(c2ncnc3scc(-c4ccccc4)c23)CC1. The van der Waals surface area contributed by atoms with Crippen molar-refractivity contribution in [3.05, 3.63) is 42.0 Å². The van der Waals surface area contributed by atoms with Gasteiger partial charge >= 0.3 is 0 Å². The number of piperidine rings is 1. The van der Waals surface area contributed by atoms with E-state index in [-0.39, 0.29) is 0 Å². The van der Waals surface area contributed by atoms with E-state index in [1.807, 2.05) is 0 Å². The summed E-state index contributed by atoms with van der Waals surface area (Å²) in [6.07, 6.45) is 4.08. The number of hydrogen-bond donors (Lipinski definition) is 0. The molecule has 124 valence electrons. The van der Waals surface area contributed by atoms with Gasteiger partial charge in [0.2, 0.25) is 0 Å². The summed E-state index contributed by atoms with van der Waals surface area (Å²) in [5.74, 6) is 1.09. The Morgan fingerprint density at radius 2 is 1.83 bits per heavy atom. The molecule has 4 rings (SSSR count). The molecule has 1 fully saturated rings. The van der Waals surface area contributed by atoms with E-state index in [0.717, 1.165) is 23.7 Å². The third-order valence-corrected chi connectivity index (χ3v) is 5.82. The zero-order valence-corrected chi connectivity index (χ0v) is 15.0. The van der Waals surface area contributed by atoms with Crippen LogP contribution in [-0.4, -0.2) is 48.1 Å². The summed E-state index contributed by atoms with van der Waals surface area (Å²) in [6, 6.07) is 11.2. The summed E-state index contributed by atoms with van der Waals surface area (Å²) >= 11 is 1.71. The predicted octanol–water partition coefficient (Wildman–Crippen LogP) is 3.89. The lowest BCUT2D eigenvalue weighted by Gasteiger charge is -2.36. The number of benzene rings is 1. The Kier molecular flexibility index (Phi) is 4.21. The van der Waals surface area contributed by atoms with Gasteiger partial charge in [-0.2, -0.15) is 0 Å². The number of nitrogens with zero attached hydrogens (tertiary/aromatic N) is 4. The molecule has 0 N–H and O–H groups in total. The van der Waals surface area contributed by atoms with Crippen molar-refractivity contribution in [2.75, 3.05) is 32.1 Å². The van der Waals surface area contributed by atoms with Crippen molar-refractivity contribution >= 4 is 27.4 Å². The van der Waals surface area contributed by atoms with E-state index in [9.17, 15) is 0 Å². The monoisotopic (exact) mass is 338 g/mol. The molecular formula is C19H22N4S. The summed E-state index contributed by atoms with van der Waals surface area (Å²) in [6.45, 7) is 2.11. The molecule has 3 aromatic rings. The Balaban J connectivity index is 1.73. The predicted molar refractivity (Wildman–Crippen MR) is 102 cm³/mol. The minimum Gasteiger partial charge on any atom is -0.356 e. The molecule has 4 nitrogen and oxygen atoms in total. The zero-order valence-electron chi connectivity index (χ0n) is 14.1. The quantitative estimate of drug-likeness (QED) is 0.725. The molecule has 0 spiro atoms. The van der Waals surface area contributed by atoms with Crippen LogP contribution in [0.25, 0.3) is 21.3 Å². The second kappa shape index (κ2) is 6.49. The van der Waals surface area contributed by atoms with E-state index < -0.39 is 0 Å². The van der Waals surface area contributed by atoms with Crippen LogP contribution in [0.1, 0.15) is 12.8 Å². The van der Waals surface area contributed by atoms with E-state index in [1.54, 1.807) is 17.7 Å². The molecule has 0 amide bonds. The van der Waals surface area contributed by atoms with E-state index in [0.29, 0.717) is 6.04 Å². The Morgan fingerprint density at radius 1 is 1.08 bits per heavy atom. The first-order valence-corrected chi connectivity index (χ1v) is 9.31. The van der Waals surface area contributed by atoms with Gasteiger partial charge < -0.3 is 9.80 Å². The third-order valence-electron chi connectivity index (χ3n) is 4.93. The number of anilines is 1. The van der Waals surface area contributed by atoms with Crippen LogP contribution < -0.4 is 4.90 Å². The normalized spacial score (nSPS) is 16.2. The highest BCUT2D eigenvalue weighted by molar-refractivity contribution is 7.17. The van der Waals surface area contributed by atoms with Crippen LogP contribution in [-0.2, 0) is 0 Å². The molecule has 1 saturated heterocycles. The van der Waals surface area contributed by atoms with Gasteiger partial charge in [0.1, 0.15) is 17.0 Å². The van der Waals surface area contributed by atoms with Crippen LogP contribution in [0.4, 0.5) is 5.82 Å². The van der Waals surface area contributed by atoms with Gasteiger partial charge in [0.15, 0.2) is 0 Å². The maximum atomic E-state index is 4.67. The average Bonchev–Trinajstić information content (AvgIpc) is 3.07. The van der Waals surface area contributed by atoms with Gasteiger partial charge in [0.25, 0.3) is 0 Å². The Bertz CT molecular complexity index is 820. The highest BCUT2D eigenvalue weighted by atomic mass is 32.1. The number of aromatic nitrogens is 2. The molecule has 2 aromatic heterocycles. The summed E-state index contributed by atoms with van der Waals surface area (Å²) in [4.78, 5) is 15.0. The second-order valence-electron chi connectivity index (χ2n) is 6.57. The van der Waals surface area contributed by atoms with Gasteiger partial charge in [-0.15, -0.1) is 11.3 Å². The maximum absolute atomic E-state index is 4.67. The minimum atomic E-state index is 0.676. The largest absolute Gasteiger partial charge is 0.356 e. The molecule has 0 aliphatic carbocycles. The fraction of sp³-hybridized carbons (Fsp3) is 0.368. The first-order chi connectivity index (χ1) is 11.7. The van der Waals surface area contributed by atoms with E-state index in [2.05, 4.69) is 69.6 Å². The Morgan fingerprint density at radius 3 is 2.54 bits per heavy atom. The molecule has 1 aliphatic rings. The van der Waals surface area contributed by atoms with Crippen LogP contribution >= 0.6 is 11.3 Å². The van der Waals surface area contributed by atoms with E-state index >= 15 is 0 Å². The fourth-order valence-corrected chi connectivity index (χ4v) is 4.43. The smallest absolute Gasteiger partial charge is 0.141 e. The first kappa shape index (κ1) is 15.5. The second-order valence-corrected chi connectivity index (χ2v) is 7.43. The van der Waals surface area contributed by atoms with Crippen LogP contribution in [0, 0.1) is 0 Å². The summed E-state index contributed by atoms with van der Waals surface area (Å²) < 4.78 is 0. The van der Waals surface area contributed by atoms with Gasteiger partial charge in [-0.1, -0.05) is 30.3 Å². The van der Waals surface area contributed by atoms with Crippen LogP contribution in [0.15, 0.2) is 42.0 Å². The number of fused-ring (bicyclic) bond motifs is 1. The first-order valence-electron chi connectivity index (χ1n) is 8.43. The molecule has 1 aromatic carbocycles. The molecule has 5 heteroatoms. The van der Waals surface area contributed by atoms with Crippen LogP contribution in [0.5, 0.6) is 0 Å². The van der Waals surface area contributed by atoms with Gasteiger partial charge in [0.05, 0.1) is 5.39 Å². The maximum Gasteiger partial charge on any atom is 0.141 e. The molecule has 0 unspecified atom stereocenters. The van der Waals surface area contributed by atoms with Crippen molar-refractivity contribution in [1.82, 2.24) is 14.9 Å². The van der Waals surface area contributed by atoms with Crippen molar-refractivity contribution in [2.24, 2.45) is 0 Å². The standard InChI is InChI=1S/C19H22N4S/c1-22(2)15-8-10-23(11-9-15)18-17-16(14-6-4-3-5-7-14)12-24-19(17)21-13-20-18/h3-7,12-13,15H,8-11H2,1-2H3. The van der Waals surface area contributed by atoms with Crippen molar-refractivity contribution in [3.8, 4) is 11.1 Å². The fourth-order valence-electron chi connectivity index (χ4n) is 3.52. The third kappa shape index (κ3) is 2.78. The highest BCUT2D eigenvalue weighted by Gasteiger charge is 2.24. The van der Waals surface area contributed by atoms with Crippen molar-refractivity contribution in [2.45, 2.75) is 18.9 Å². The number of rotatable bonds is 3. The van der Waals surface area contributed by atoms with E-state index in [4.69, 9.17) is 0 Å². The number of hydrogen-bond acceptors (Lipinski definition) is 5. The lowest BCUT2D eigenvalue weighted by Crippen LogP contribution is -2.42. The van der Waals surface area contributed by atoms with E-state index in [1.165, 1.54) is 29.4 Å². The topological polar surface area (TPSA) is 32.3 Å². The molecule has 0 bridgehead atoms. The molecular weight excluding hydrogens is 316 g/mol. The average molecular weight is 338 g/mol. The van der Waals surface area contributed by atoms with Crippen molar-refractivity contribution in [3.63, 3.8) is 0 Å². The lowest BCUT2D eigenvalue weighted by molar-refractivity contribution is 0.249. The molecule has 1 aliphatic heterocycles. The molecule has 3 heterocycles. The van der Waals surface area contributed by atoms with Gasteiger partial charge in [-0.05, 0) is 32.5 Å². The minimum absolute atomic E-state index is 0.676. The summed E-state index contributed by atoms with van der Waals surface area (Å²) in [5.41, 5.74) is 2.49. The molecule has 24 heavy (non-hydrogen) atoms. The Labute approximate surface area is 146 Å². The van der Waals surface area contributed by atoms with Crippen LogP contribution in [0.3, 0.4) is 0 Å². The summed E-state index contributed by atoms with van der Waals surface area (Å²) in [5, 5.41) is 3.42.